The number of rotatable bonds is 3. The van der Waals surface area contributed by atoms with Crippen molar-refractivity contribution < 1.29 is 19.4 Å². The van der Waals surface area contributed by atoms with Gasteiger partial charge in [0, 0.05) is 30.2 Å². The van der Waals surface area contributed by atoms with E-state index in [2.05, 4.69) is 0 Å². The molecular weight excluding hydrogens is 404 g/mol. The van der Waals surface area contributed by atoms with E-state index < -0.39 is 6.09 Å². The zero-order chi connectivity index (χ0) is 22.1. The smallest absolute Gasteiger partial charge is 0.407 e. The SMILES string of the molecule is COc1cc(-c2ccccc2)c(Cl)cc1C(=O)N1CCN(C(=O)O)C(C(C)(C)C)C1. The Hall–Kier alpha value is -2.73. The van der Waals surface area contributed by atoms with Gasteiger partial charge in [-0.1, -0.05) is 62.7 Å². The molecule has 0 bridgehead atoms. The van der Waals surface area contributed by atoms with Crippen molar-refractivity contribution in [3.8, 4) is 16.9 Å². The van der Waals surface area contributed by atoms with Crippen molar-refractivity contribution in [3.63, 3.8) is 0 Å². The summed E-state index contributed by atoms with van der Waals surface area (Å²) in [5.74, 6) is 0.226. The molecule has 2 aromatic rings. The molecule has 1 fully saturated rings. The molecule has 1 aliphatic rings. The van der Waals surface area contributed by atoms with E-state index in [1.807, 2.05) is 51.1 Å². The first kappa shape index (κ1) is 22.0. The Morgan fingerprint density at radius 1 is 1.13 bits per heavy atom. The lowest BCUT2D eigenvalue weighted by atomic mass is 9.84. The van der Waals surface area contributed by atoms with Crippen LogP contribution >= 0.6 is 11.6 Å². The highest BCUT2D eigenvalue weighted by Gasteiger charge is 2.39. The molecule has 3 rings (SSSR count). The zero-order valence-corrected chi connectivity index (χ0v) is 18.4. The number of carbonyl (C=O) groups excluding carboxylic acids is 1. The third kappa shape index (κ3) is 4.38. The zero-order valence-electron chi connectivity index (χ0n) is 17.7. The topological polar surface area (TPSA) is 70.1 Å². The van der Waals surface area contributed by atoms with E-state index in [1.165, 1.54) is 12.0 Å². The highest BCUT2D eigenvalue weighted by Crippen LogP contribution is 2.36. The quantitative estimate of drug-likeness (QED) is 0.754. The number of nitrogens with zero attached hydrogens (tertiary/aromatic N) is 2. The van der Waals surface area contributed by atoms with Crippen LogP contribution in [0.5, 0.6) is 5.75 Å². The molecule has 0 spiro atoms. The lowest BCUT2D eigenvalue weighted by Crippen LogP contribution is -2.60. The van der Waals surface area contributed by atoms with Crippen LogP contribution in [-0.2, 0) is 0 Å². The lowest BCUT2D eigenvalue weighted by Gasteiger charge is -2.46. The molecule has 1 N–H and O–H groups in total. The minimum atomic E-state index is -0.963. The molecule has 2 amide bonds. The highest BCUT2D eigenvalue weighted by atomic mass is 35.5. The summed E-state index contributed by atoms with van der Waals surface area (Å²) in [6.07, 6.45) is -0.963. The van der Waals surface area contributed by atoms with Gasteiger partial charge in [0.05, 0.1) is 18.7 Å². The number of carboxylic acid groups (broad SMARTS) is 1. The van der Waals surface area contributed by atoms with Crippen molar-refractivity contribution in [2.24, 2.45) is 5.41 Å². The van der Waals surface area contributed by atoms with E-state index in [-0.39, 0.29) is 23.9 Å². The maximum absolute atomic E-state index is 13.3. The van der Waals surface area contributed by atoms with Crippen molar-refractivity contribution in [1.29, 1.82) is 0 Å². The summed E-state index contributed by atoms with van der Waals surface area (Å²) in [5.41, 5.74) is 1.78. The van der Waals surface area contributed by atoms with Gasteiger partial charge >= 0.3 is 6.09 Å². The molecule has 0 aliphatic carbocycles. The maximum atomic E-state index is 13.3. The van der Waals surface area contributed by atoms with Gasteiger partial charge in [0.15, 0.2) is 0 Å². The summed E-state index contributed by atoms with van der Waals surface area (Å²) < 4.78 is 5.52. The Labute approximate surface area is 182 Å². The maximum Gasteiger partial charge on any atom is 0.407 e. The first-order valence-corrected chi connectivity index (χ1v) is 10.2. The largest absolute Gasteiger partial charge is 0.496 e. The average molecular weight is 431 g/mol. The van der Waals surface area contributed by atoms with Gasteiger partial charge in [-0.25, -0.2) is 4.79 Å². The number of amides is 2. The first-order valence-electron chi connectivity index (χ1n) is 9.85. The van der Waals surface area contributed by atoms with Gasteiger partial charge < -0.3 is 19.6 Å². The Morgan fingerprint density at radius 2 is 1.80 bits per heavy atom. The summed E-state index contributed by atoms with van der Waals surface area (Å²) in [4.78, 5) is 28.1. The number of ether oxygens (including phenoxy) is 1. The van der Waals surface area contributed by atoms with Crippen LogP contribution in [0.3, 0.4) is 0 Å². The Kier molecular flexibility index (Phi) is 6.27. The van der Waals surface area contributed by atoms with Gasteiger partial charge in [0.25, 0.3) is 5.91 Å². The lowest BCUT2D eigenvalue weighted by molar-refractivity contribution is 0.0196. The van der Waals surface area contributed by atoms with E-state index >= 15 is 0 Å². The Bertz CT molecular complexity index is 940. The van der Waals surface area contributed by atoms with E-state index in [4.69, 9.17) is 16.3 Å². The third-order valence-electron chi connectivity index (χ3n) is 5.52. The summed E-state index contributed by atoms with van der Waals surface area (Å²) >= 11 is 6.53. The second kappa shape index (κ2) is 8.56. The average Bonchev–Trinajstić information content (AvgIpc) is 2.72. The van der Waals surface area contributed by atoms with Crippen LogP contribution in [0.2, 0.25) is 5.02 Å². The molecule has 1 unspecified atom stereocenters. The number of piperazine rings is 1. The van der Waals surface area contributed by atoms with Crippen molar-refractivity contribution >= 4 is 23.6 Å². The molecule has 7 heteroatoms. The molecular formula is C23H27ClN2O4. The second-order valence-corrected chi connectivity index (χ2v) is 8.91. The van der Waals surface area contributed by atoms with Gasteiger partial charge in [-0.05, 0) is 23.1 Å². The number of methoxy groups -OCH3 is 1. The fraction of sp³-hybridized carbons (Fsp3) is 0.391. The summed E-state index contributed by atoms with van der Waals surface area (Å²) in [6, 6.07) is 12.8. The molecule has 0 aromatic heterocycles. The van der Waals surface area contributed by atoms with E-state index in [1.54, 1.807) is 17.0 Å². The van der Waals surface area contributed by atoms with Crippen molar-refractivity contribution in [2.45, 2.75) is 26.8 Å². The van der Waals surface area contributed by atoms with Crippen molar-refractivity contribution in [1.82, 2.24) is 9.80 Å². The minimum Gasteiger partial charge on any atom is -0.496 e. The normalized spacial score (nSPS) is 17.0. The van der Waals surface area contributed by atoms with Crippen LogP contribution < -0.4 is 4.74 Å². The first-order chi connectivity index (χ1) is 14.1. The predicted octanol–water partition coefficient (Wildman–Crippen LogP) is 4.87. The number of carbonyl (C=O) groups is 2. The van der Waals surface area contributed by atoms with Gasteiger partial charge in [0.2, 0.25) is 0 Å². The standard InChI is InChI=1S/C23H27ClN2O4/c1-23(2,3)20-14-25(10-11-26(20)22(28)29)21(27)17-12-18(24)16(13-19(17)30-4)15-8-6-5-7-9-15/h5-9,12-13,20H,10-11,14H2,1-4H3,(H,28,29). The summed E-state index contributed by atoms with van der Waals surface area (Å²) in [6.45, 7) is 6.84. The van der Waals surface area contributed by atoms with Crippen LogP contribution in [0.1, 0.15) is 31.1 Å². The van der Waals surface area contributed by atoms with E-state index in [0.717, 1.165) is 11.1 Å². The fourth-order valence-electron chi connectivity index (χ4n) is 3.84. The minimum absolute atomic E-state index is 0.215. The van der Waals surface area contributed by atoms with Gasteiger partial charge in [-0.15, -0.1) is 0 Å². The second-order valence-electron chi connectivity index (χ2n) is 8.51. The van der Waals surface area contributed by atoms with Crippen LogP contribution in [-0.4, -0.2) is 59.7 Å². The molecule has 2 aromatic carbocycles. The molecule has 0 radical (unpaired) electrons. The molecule has 160 valence electrons. The highest BCUT2D eigenvalue weighted by molar-refractivity contribution is 6.33. The van der Waals surface area contributed by atoms with Gasteiger partial charge in [0.1, 0.15) is 5.75 Å². The van der Waals surface area contributed by atoms with E-state index in [9.17, 15) is 14.7 Å². The molecule has 1 saturated heterocycles. The Balaban J connectivity index is 1.93. The molecule has 30 heavy (non-hydrogen) atoms. The summed E-state index contributed by atoms with van der Waals surface area (Å²) in [7, 11) is 1.52. The fourth-order valence-corrected chi connectivity index (χ4v) is 4.11. The number of halogens is 1. The van der Waals surface area contributed by atoms with Crippen LogP contribution in [0.15, 0.2) is 42.5 Å². The monoisotopic (exact) mass is 430 g/mol. The number of hydrogen-bond donors (Lipinski definition) is 1. The molecule has 6 nitrogen and oxygen atoms in total. The summed E-state index contributed by atoms with van der Waals surface area (Å²) in [5, 5.41) is 10.0. The van der Waals surface area contributed by atoms with Gasteiger partial charge in [-0.3, -0.25) is 4.79 Å². The molecule has 1 atom stereocenters. The molecule has 1 aliphatic heterocycles. The van der Waals surface area contributed by atoms with Crippen LogP contribution in [0.25, 0.3) is 11.1 Å². The van der Waals surface area contributed by atoms with Gasteiger partial charge in [-0.2, -0.15) is 0 Å². The van der Waals surface area contributed by atoms with E-state index in [0.29, 0.717) is 29.4 Å². The Morgan fingerprint density at radius 3 is 2.37 bits per heavy atom. The molecule has 1 heterocycles. The number of benzene rings is 2. The van der Waals surface area contributed by atoms with Crippen LogP contribution in [0, 0.1) is 5.41 Å². The van der Waals surface area contributed by atoms with Crippen LogP contribution in [0.4, 0.5) is 4.79 Å². The molecule has 0 saturated carbocycles. The van der Waals surface area contributed by atoms with Crippen molar-refractivity contribution in [3.05, 3.63) is 53.1 Å². The third-order valence-corrected chi connectivity index (χ3v) is 5.83. The predicted molar refractivity (Wildman–Crippen MR) is 117 cm³/mol. The van der Waals surface area contributed by atoms with Crippen molar-refractivity contribution in [2.75, 3.05) is 26.7 Å². The number of hydrogen-bond acceptors (Lipinski definition) is 3.